The third-order valence-corrected chi connectivity index (χ3v) is 5.35. The van der Waals surface area contributed by atoms with Gasteiger partial charge in [-0.2, -0.15) is 0 Å². The van der Waals surface area contributed by atoms with Crippen LogP contribution in [0, 0.1) is 11.7 Å². The molecule has 23 heavy (non-hydrogen) atoms. The van der Waals surface area contributed by atoms with Gasteiger partial charge in [0.15, 0.2) is 0 Å². The predicted octanol–water partition coefficient (Wildman–Crippen LogP) is 1.55. The molecule has 0 bridgehead atoms. The molecule has 0 heterocycles. The van der Waals surface area contributed by atoms with Gasteiger partial charge in [0.1, 0.15) is 21.7 Å². The van der Waals surface area contributed by atoms with Gasteiger partial charge in [-0.1, -0.05) is 12.1 Å². The second kappa shape index (κ2) is 7.40. The zero-order valence-corrected chi connectivity index (χ0v) is 14.0. The number of carbonyl (C=O) groups is 1. The molecule has 1 aliphatic carbocycles. The van der Waals surface area contributed by atoms with Crippen molar-refractivity contribution in [1.29, 1.82) is 0 Å². The van der Waals surface area contributed by atoms with E-state index in [9.17, 15) is 17.6 Å². The molecule has 3 N–H and O–H groups in total. The number of hydrogen-bond acceptors (Lipinski definition) is 4. The van der Waals surface area contributed by atoms with Crippen LogP contribution in [0.5, 0.6) is 0 Å². The van der Waals surface area contributed by atoms with E-state index in [1.165, 1.54) is 18.4 Å². The summed E-state index contributed by atoms with van der Waals surface area (Å²) >= 11 is 0. The summed E-state index contributed by atoms with van der Waals surface area (Å²) in [5, 5.41) is 3.23. The Bertz CT molecular complexity index is 638. The number of halogens is 1. The molecule has 128 valence electrons. The molecule has 1 saturated carbocycles. The molecular formula is C16H23FN2O3S. The van der Waals surface area contributed by atoms with Crippen LogP contribution < -0.4 is 11.1 Å². The van der Waals surface area contributed by atoms with E-state index in [4.69, 9.17) is 5.73 Å². The van der Waals surface area contributed by atoms with Gasteiger partial charge in [-0.15, -0.1) is 0 Å². The highest BCUT2D eigenvalue weighted by molar-refractivity contribution is 7.90. The van der Waals surface area contributed by atoms with Crippen molar-refractivity contribution in [3.63, 3.8) is 0 Å². The van der Waals surface area contributed by atoms with Crippen LogP contribution in [0.2, 0.25) is 0 Å². The molecule has 0 saturated heterocycles. The lowest BCUT2D eigenvalue weighted by atomic mass is 9.86. The lowest BCUT2D eigenvalue weighted by molar-refractivity contribution is -0.120. The number of hydrogen-bond donors (Lipinski definition) is 2. The Morgan fingerprint density at radius 1 is 1.26 bits per heavy atom. The average Bonchev–Trinajstić information content (AvgIpc) is 2.46. The molecule has 1 aliphatic rings. The van der Waals surface area contributed by atoms with Crippen molar-refractivity contribution in [2.75, 3.05) is 12.0 Å². The molecule has 1 unspecified atom stereocenters. The first-order valence-corrected chi connectivity index (χ1v) is 9.79. The molecule has 1 aromatic rings. The topological polar surface area (TPSA) is 89.3 Å². The van der Waals surface area contributed by atoms with Gasteiger partial charge in [0.25, 0.3) is 0 Å². The van der Waals surface area contributed by atoms with Gasteiger partial charge in [0.2, 0.25) is 5.91 Å². The fourth-order valence-electron chi connectivity index (χ4n) is 3.16. The number of sulfone groups is 1. The maximum Gasteiger partial charge on any atom is 0.239 e. The van der Waals surface area contributed by atoms with E-state index in [0.29, 0.717) is 5.56 Å². The molecule has 5 nitrogen and oxygen atoms in total. The highest BCUT2D eigenvalue weighted by atomic mass is 32.2. The molecule has 0 radical (unpaired) electrons. The number of nitrogens with two attached hydrogens (primary N) is 1. The Morgan fingerprint density at radius 2 is 1.83 bits per heavy atom. The second-order valence-corrected chi connectivity index (χ2v) is 8.55. The summed E-state index contributed by atoms with van der Waals surface area (Å²) in [4.78, 5) is 11.7. The van der Waals surface area contributed by atoms with Crippen molar-refractivity contribution < 1.29 is 17.6 Å². The quantitative estimate of drug-likeness (QED) is 0.821. The molecule has 1 aromatic carbocycles. The maximum absolute atomic E-state index is 13.0. The summed E-state index contributed by atoms with van der Waals surface area (Å²) < 4.78 is 35.7. The van der Waals surface area contributed by atoms with E-state index < -0.39 is 21.8 Å². The number of benzene rings is 1. The smallest absolute Gasteiger partial charge is 0.239 e. The molecule has 7 heteroatoms. The fourth-order valence-corrected chi connectivity index (χ4v) is 4.35. The van der Waals surface area contributed by atoms with Crippen molar-refractivity contribution >= 4 is 15.7 Å². The fraction of sp³-hybridized carbons (Fsp3) is 0.562. The van der Waals surface area contributed by atoms with Crippen molar-refractivity contribution in [1.82, 2.24) is 5.32 Å². The summed E-state index contributed by atoms with van der Waals surface area (Å²) in [7, 11) is -2.95. The summed E-state index contributed by atoms with van der Waals surface area (Å²) in [6, 6.07) is 5.15. The molecule has 1 atom stereocenters. The van der Waals surface area contributed by atoms with Crippen LogP contribution in [-0.2, 0) is 14.6 Å². The van der Waals surface area contributed by atoms with E-state index in [1.807, 2.05) is 0 Å². The van der Waals surface area contributed by atoms with Crippen molar-refractivity contribution in [2.45, 2.75) is 37.8 Å². The summed E-state index contributed by atoms with van der Waals surface area (Å²) in [5.74, 6) is -0.467. The van der Waals surface area contributed by atoms with E-state index >= 15 is 0 Å². The summed E-state index contributed by atoms with van der Waals surface area (Å²) in [6.45, 7) is 0. The van der Waals surface area contributed by atoms with Crippen LogP contribution in [0.4, 0.5) is 4.39 Å². The first kappa shape index (κ1) is 17.9. The number of rotatable bonds is 6. The van der Waals surface area contributed by atoms with E-state index in [1.54, 1.807) is 12.1 Å². The van der Waals surface area contributed by atoms with E-state index in [2.05, 4.69) is 5.32 Å². The van der Waals surface area contributed by atoms with Crippen LogP contribution in [-0.4, -0.2) is 32.4 Å². The SMILES string of the molecule is CS(=O)(=O)CC1CCC(NC(C(N)=O)c2ccc(F)cc2)CC1. The van der Waals surface area contributed by atoms with Crippen LogP contribution in [0.15, 0.2) is 24.3 Å². The molecule has 2 rings (SSSR count). The molecule has 1 amide bonds. The minimum Gasteiger partial charge on any atom is -0.368 e. The monoisotopic (exact) mass is 342 g/mol. The average molecular weight is 342 g/mol. The lowest BCUT2D eigenvalue weighted by Gasteiger charge is -2.31. The number of nitrogens with one attached hydrogen (secondary N) is 1. The Hall–Kier alpha value is -1.47. The van der Waals surface area contributed by atoms with Crippen molar-refractivity contribution in [2.24, 2.45) is 11.7 Å². The van der Waals surface area contributed by atoms with Crippen LogP contribution in [0.25, 0.3) is 0 Å². The summed E-state index contributed by atoms with van der Waals surface area (Å²) in [6.07, 6.45) is 4.46. The molecule has 1 fully saturated rings. The lowest BCUT2D eigenvalue weighted by Crippen LogP contribution is -2.42. The number of carbonyl (C=O) groups excluding carboxylic acids is 1. The van der Waals surface area contributed by atoms with E-state index in [0.717, 1.165) is 25.7 Å². The Labute approximate surface area is 136 Å². The molecule has 0 aliphatic heterocycles. The number of primary amides is 1. The zero-order chi connectivity index (χ0) is 17.0. The molecular weight excluding hydrogens is 319 g/mol. The first-order valence-electron chi connectivity index (χ1n) is 7.73. The van der Waals surface area contributed by atoms with Crippen LogP contribution in [0.3, 0.4) is 0 Å². The van der Waals surface area contributed by atoms with Gasteiger partial charge in [-0.25, -0.2) is 12.8 Å². The Morgan fingerprint density at radius 3 is 2.30 bits per heavy atom. The van der Waals surface area contributed by atoms with Gasteiger partial charge in [0, 0.05) is 12.3 Å². The second-order valence-electron chi connectivity index (χ2n) is 6.36. The van der Waals surface area contributed by atoms with Crippen LogP contribution >= 0.6 is 0 Å². The Kier molecular flexibility index (Phi) is 5.75. The predicted molar refractivity (Wildman–Crippen MR) is 86.9 cm³/mol. The largest absolute Gasteiger partial charge is 0.368 e. The van der Waals surface area contributed by atoms with E-state index in [-0.39, 0.29) is 23.5 Å². The van der Waals surface area contributed by atoms with Gasteiger partial charge >= 0.3 is 0 Å². The van der Waals surface area contributed by atoms with Gasteiger partial charge < -0.3 is 5.73 Å². The van der Waals surface area contributed by atoms with Crippen molar-refractivity contribution in [3.8, 4) is 0 Å². The standard InChI is InChI=1S/C16H23FN2O3S/c1-23(21,22)10-11-2-8-14(9-3-11)19-15(16(18)20)12-4-6-13(17)7-5-12/h4-7,11,14-15,19H,2-3,8-10H2,1H3,(H2,18,20). The minimum absolute atomic E-state index is 0.105. The third-order valence-electron chi connectivity index (χ3n) is 4.28. The number of amides is 1. The summed E-state index contributed by atoms with van der Waals surface area (Å²) in [5.41, 5.74) is 6.10. The highest BCUT2D eigenvalue weighted by Crippen LogP contribution is 2.27. The normalized spacial score (nSPS) is 23.4. The van der Waals surface area contributed by atoms with Gasteiger partial charge in [0.05, 0.1) is 5.75 Å². The minimum atomic E-state index is -2.95. The van der Waals surface area contributed by atoms with Gasteiger partial charge in [-0.3, -0.25) is 10.1 Å². The zero-order valence-electron chi connectivity index (χ0n) is 13.2. The molecule has 0 aromatic heterocycles. The third kappa shape index (κ3) is 5.58. The van der Waals surface area contributed by atoms with Crippen molar-refractivity contribution in [3.05, 3.63) is 35.6 Å². The molecule has 0 spiro atoms. The van der Waals surface area contributed by atoms with Crippen LogP contribution in [0.1, 0.15) is 37.3 Å². The van der Waals surface area contributed by atoms with Gasteiger partial charge in [-0.05, 0) is 49.3 Å². The highest BCUT2D eigenvalue weighted by Gasteiger charge is 2.27. The Balaban J connectivity index is 1.95. The maximum atomic E-state index is 13.0. The first-order chi connectivity index (χ1) is 10.7.